The summed E-state index contributed by atoms with van der Waals surface area (Å²) in [5.41, 5.74) is 3.92. The molecule has 5 nitrogen and oxygen atoms in total. The number of anilines is 2. The van der Waals surface area contributed by atoms with Crippen LogP contribution in [0.4, 0.5) is 11.5 Å². The lowest BCUT2D eigenvalue weighted by atomic mass is 10.2. The van der Waals surface area contributed by atoms with Gasteiger partial charge in [-0.2, -0.15) is 0 Å². The first-order valence-electron chi connectivity index (χ1n) is 8.26. The summed E-state index contributed by atoms with van der Waals surface area (Å²) in [4.78, 5) is 21.2. The standard InChI is InChI=1S/C19H23N3O2S/c1-13-6-5-7-16(9-13)21(4)19(23)17-11-25(24)12-22(17)18-10-14(2)8-15(3)20-18/h5-10,17H,11-12H2,1-4H3/t17-,25?/m1/s1. The first-order chi connectivity index (χ1) is 11.8. The molecule has 0 saturated carbocycles. The molecule has 0 N–H and O–H groups in total. The highest BCUT2D eigenvalue weighted by atomic mass is 32.2. The second kappa shape index (κ2) is 6.96. The van der Waals surface area contributed by atoms with Crippen molar-refractivity contribution in [1.29, 1.82) is 0 Å². The number of benzene rings is 1. The van der Waals surface area contributed by atoms with Crippen molar-refractivity contribution >= 4 is 28.2 Å². The van der Waals surface area contributed by atoms with Crippen LogP contribution in [0.3, 0.4) is 0 Å². The molecule has 1 aliphatic heterocycles. The van der Waals surface area contributed by atoms with Crippen LogP contribution in [-0.4, -0.2) is 39.8 Å². The maximum Gasteiger partial charge on any atom is 0.250 e. The number of rotatable bonds is 3. The Hall–Kier alpha value is -2.21. The molecule has 2 aromatic rings. The normalized spacial score (nSPS) is 19.9. The van der Waals surface area contributed by atoms with Crippen LogP contribution in [0.15, 0.2) is 36.4 Å². The van der Waals surface area contributed by atoms with E-state index in [2.05, 4.69) is 4.98 Å². The van der Waals surface area contributed by atoms with Crippen molar-refractivity contribution in [2.75, 3.05) is 28.5 Å². The van der Waals surface area contributed by atoms with Crippen LogP contribution in [-0.2, 0) is 15.6 Å². The van der Waals surface area contributed by atoms with Gasteiger partial charge in [0.1, 0.15) is 11.9 Å². The van der Waals surface area contributed by atoms with E-state index in [9.17, 15) is 9.00 Å². The molecule has 1 fully saturated rings. The van der Waals surface area contributed by atoms with Gasteiger partial charge in [-0.05, 0) is 56.2 Å². The van der Waals surface area contributed by atoms with Gasteiger partial charge in [-0.1, -0.05) is 12.1 Å². The van der Waals surface area contributed by atoms with Gasteiger partial charge < -0.3 is 9.80 Å². The molecule has 2 heterocycles. The van der Waals surface area contributed by atoms with Gasteiger partial charge in [0.25, 0.3) is 0 Å². The van der Waals surface area contributed by atoms with Crippen LogP contribution in [0.1, 0.15) is 16.8 Å². The number of aryl methyl sites for hydroxylation is 3. The van der Waals surface area contributed by atoms with Crippen LogP contribution in [0.2, 0.25) is 0 Å². The largest absolute Gasteiger partial charge is 0.332 e. The molecule has 3 rings (SSSR count). The molecule has 25 heavy (non-hydrogen) atoms. The maximum absolute atomic E-state index is 13.1. The summed E-state index contributed by atoms with van der Waals surface area (Å²) in [6.07, 6.45) is 0. The van der Waals surface area contributed by atoms with Gasteiger partial charge in [0, 0.05) is 29.2 Å². The zero-order valence-electron chi connectivity index (χ0n) is 15.0. The molecular formula is C19H23N3O2S. The summed E-state index contributed by atoms with van der Waals surface area (Å²) in [6.45, 7) is 5.93. The molecule has 0 bridgehead atoms. The van der Waals surface area contributed by atoms with E-state index >= 15 is 0 Å². The monoisotopic (exact) mass is 357 g/mol. The highest BCUT2D eigenvalue weighted by Crippen LogP contribution is 2.25. The number of amides is 1. The minimum absolute atomic E-state index is 0.0580. The van der Waals surface area contributed by atoms with Crippen molar-refractivity contribution < 1.29 is 9.00 Å². The first kappa shape index (κ1) is 17.6. The zero-order chi connectivity index (χ0) is 18.1. The number of carbonyl (C=O) groups is 1. The smallest absolute Gasteiger partial charge is 0.250 e. The topological polar surface area (TPSA) is 53.5 Å². The molecule has 2 atom stereocenters. The minimum Gasteiger partial charge on any atom is -0.332 e. The number of aromatic nitrogens is 1. The second-order valence-electron chi connectivity index (χ2n) is 6.60. The fourth-order valence-corrected chi connectivity index (χ4v) is 4.55. The predicted molar refractivity (Wildman–Crippen MR) is 102 cm³/mol. The van der Waals surface area contributed by atoms with E-state index in [1.54, 1.807) is 11.9 Å². The molecule has 0 radical (unpaired) electrons. The van der Waals surface area contributed by atoms with E-state index in [1.165, 1.54) is 0 Å². The highest BCUT2D eigenvalue weighted by molar-refractivity contribution is 7.85. The van der Waals surface area contributed by atoms with Gasteiger partial charge in [0.2, 0.25) is 5.91 Å². The van der Waals surface area contributed by atoms with E-state index in [0.717, 1.165) is 28.3 Å². The van der Waals surface area contributed by atoms with E-state index in [-0.39, 0.29) is 5.91 Å². The van der Waals surface area contributed by atoms with E-state index in [4.69, 9.17) is 0 Å². The minimum atomic E-state index is -1.06. The number of carbonyl (C=O) groups excluding carboxylic acids is 1. The van der Waals surface area contributed by atoms with Crippen molar-refractivity contribution in [2.45, 2.75) is 26.8 Å². The molecule has 1 aromatic carbocycles. The molecule has 6 heteroatoms. The third-order valence-corrected chi connectivity index (χ3v) is 5.64. The van der Waals surface area contributed by atoms with Crippen molar-refractivity contribution in [3.63, 3.8) is 0 Å². The number of hydrogen-bond donors (Lipinski definition) is 0. The SMILES string of the molecule is Cc1cccc(N(C)C(=O)[C@H]2CS(=O)CN2c2cc(C)cc(C)n2)c1. The lowest BCUT2D eigenvalue weighted by Crippen LogP contribution is -2.46. The molecular weight excluding hydrogens is 334 g/mol. The van der Waals surface area contributed by atoms with Crippen molar-refractivity contribution in [2.24, 2.45) is 0 Å². The summed E-state index contributed by atoms with van der Waals surface area (Å²) in [5.74, 6) is 1.34. The van der Waals surface area contributed by atoms with Gasteiger partial charge in [-0.25, -0.2) is 4.98 Å². The van der Waals surface area contributed by atoms with Crippen LogP contribution in [0.25, 0.3) is 0 Å². The molecule has 1 unspecified atom stereocenters. The third-order valence-electron chi connectivity index (χ3n) is 4.39. The third kappa shape index (κ3) is 3.74. The number of hydrogen-bond acceptors (Lipinski definition) is 4. The quantitative estimate of drug-likeness (QED) is 0.847. The predicted octanol–water partition coefficient (Wildman–Crippen LogP) is 2.56. The summed E-state index contributed by atoms with van der Waals surface area (Å²) < 4.78 is 12.2. The Morgan fingerprint density at radius 2 is 1.96 bits per heavy atom. The molecule has 132 valence electrons. The Balaban J connectivity index is 1.90. The van der Waals surface area contributed by atoms with Crippen LogP contribution < -0.4 is 9.80 Å². The Morgan fingerprint density at radius 1 is 1.20 bits per heavy atom. The zero-order valence-corrected chi connectivity index (χ0v) is 15.8. The van der Waals surface area contributed by atoms with Crippen LogP contribution >= 0.6 is 0 Å². The summed E-state index contributed by atoms with van der Waals surface area (Å²) >= 11 is 0. The molecule has 1 aromatic heterocycles. The highest BCUT2D eigenvalue weighted by Gasteiger charge is 2.38. The van der Waals surface area contributed by atoms with Gasteiger partial charge in [-0.15, -0.1) is 0 Å². The average molecular weight is 357 g/mol. The molecule has 0 aliphatic carbocycles. The second-order valence-corrected chi connectivity index (χ2v) is 8.07. The maximum atomic E-state index is 13.1. The lowest BCUT2D eigenvalue weighted by Gasteiger charge is -2.28. The first-order valence-corrected chi connectivity index (χ1v) is 9.75. The Kier molecular flexibility index (Phi) is 4.90. The fraction of sp³-hybridized carbons (Fsp3) is 0.368. The molecule has 1 amide bonds. The summed E-state index contributed by atoms with van der Waals surface area (Å²) in [6, 6.07) is 11.3. The molecule has 1 aliphatic rings. The van der Waals surface area contributed by atoms with Crippen molar-refractivity contribution in [3.05, 3.63) is 53.2 Å². The molecule has 0 spiro atoms. The molecule has 1 saturated heterocycles. The van der Waals surface area contributed by atoms with Gasteiger partial charge in [0.15, 0.2) is 0 Å². The fourth-order valence-electron chi connectivity index (χ4n) is 3.15. The van der Waals surface area contributed by atoms with E-state index in [0.29, 0.717) is 11.6 Å². The Bertz CT molecular complexity index is 817. The summed E-state index contributed by atoms with van der Waals surface area (Å²) in [5, 5.41) is 0. The Labute approximate surface area is 151 Å². The number of likely N-dealkylation sites (N-methyl/N-ethyl adjacent to an activating group) is 1. The average Bonchev–Trinajstić information content (AvgIpc) is 2.94. The number of pyridine rings is 1. The van der Waals surface area contributed by atoms with Crippen LogP contribution in [0.5, 0.6) is 0 Å². The van der Waals surface area contributed by atoms with E-state index < -0.39 is 16.8 Å². The van der Waals surface area contributed by atoms with Gasteiger partial charge in [0.05, 0.1) is 11.6 Å². The van der Waals surface area contributed by atoms with E-state index in [1.807, 2.05) is 62.1 Å². The Morgan fingerprint density at radius 3 is 2.64 bits per heavy atom. The van der Waals surface area contributed by atoms with Crippen molar-refractivity contribution in [1.82, 2.24) is 4.98 Å². The van der Waals surface area contributed by atoms with Gasteiger partial charge in [-0.3, -0.25) is 9.00 Å². The van der Waals surface area contributed by atoms with Crippen LogP contribution in [0, 0.1) is 20.8 Å². The summed E-state index contributed by atoms with van der Waals surface area (Å²) in [7, 11) is 0.713. The van der Waals surface area contributed by atoms with Gasteiger partial charge >= 0.3 is 0 Å². The van der Waals surface area contributed by atoms with Crippen molar-refractivity contribution in [3.8, 4) is 0 Å². The number of nitrogens with zero attached hydrogens (tertiary/aromatic N) is 3. The lowest BCUT2D eigenvalue weighted by molar-refractivity contribution is -0.119.